The van der Waals surface area contributed by atoms with E-state index in [1.165, 1.54) is 18.3 Å². The highest BCUT2D eigenvalue weighted by atomic mass is 19.2. The van der Waals surface area contributed by atoms with Gasteiger partial charge in [0.25, 0.3) is 0 Å². The largest absolute Gasteiger partial charge is 0.256 e. The number of hydrogen-bond acceptors (Lipinski definition) is 1. The van der Waals surface area contributed by atoms with Gasteiger partial charge in [0, 0.05) is 17.1 Å². The summed E-state index contributed by atoms with van der Waals surface area (Å²) in [5.74, 6) is -9.87. The van der Waals surface area contributed by atoms with E-state index in [-0.39, 0.29) is 11.1 Å². The zero-order valence-corrected chi connectivity index (χ0v) is 10.3. The molecule has 106 valence electrons. The van der Waals surface area contributed by atoms with Crippen molar-refractivity contribution in [3.63, 3.8) is 0 Å². The number of halogens is 5. The van der Waals surface area contributed by atoms with Crippen molar-refractivity contribution in [2.24, 2.45) is 0 Å². The Kier molecular flexibility index (Phi) is 3.08. The van der Waals surface area contributed by atoms with Crippen molar-refractivity contribution in [1.82, 2.24) is 4.98 Å². The molecule has 0 atom stereocenters. The lowest BCUT2D eigenvalue weighted by atomic mass is 10.00. The standard InChI is InChI=1S/C15H6F5N/c16-10-9(11(17)13(19)14(20)12(10)18)8-5-1-3-7-4-2-6-21-15(7)8/h1-6H. The molecule has 0 fully saturated rings. The smallest absolute Gasteiger partial charge is 0.200 e. The van der Waals surface area contributed by atoms with E-state index in [4.69, 9.17) is 0 Å². The number of nitrogens with zero attached hydrogens (tertiary/aromatic N) is 1. The summed E-state index contributed by atoms with van der Waals surface area (Å²) in [4.78, 5) is 3.95. The van der Waals surface area contributed by atoms with Gasteiger partial charge in [0.1, 0.15) is 0 Å². The van der Waals surface area contributed by atoms with Gasteiger partial charge >= 0.3 is 0 Å². The van der Waals surface area contributed by atoms with Crippen LogP contribution < -0.4 is 0 Å². The lowest BCUT2D eigenvalue weighted by Crippen LogP contribution is -2.04. The van der Waals surface area contributed by atoms with E-state index in [2.05, 4.69) is 4.98 Å². The first-order valence-corrected chi connectivity index (χ1v) is 5.88. The van der Waals surface area contributed by atoms with Crippen molar-refractivity contribution in [3.05, 3.63) is 65.6 Å². The Labute approximate surface area is 115 Å². The molecule has 0 N–H and O–H groups in total. The van der Waals surface area contributed by atoms with Gasteiger partial charge < -0.3 is 0 Å². The fourth-order valence-corrected chi connectivity index (χ4v) is 2.15. The van der Waals surface area contributed by atoms with Gasteiger partial charge in [-0.1, -0.05) is 24.3 Å². The average Bonchev–Trinajstić information content (AvgIpc) is 2.51. The molecule has 3 rings (SSSR count). The average molecular weight is 295 g/mol. The third-order valence-electron chi connectivity index (χ3n) is 3.11. The van der Waals surface area contributed by atoms with Crippen LogP contribution in [0.4, 0.5) is 22.0 Å². The minimum absolute atomic E-state index is 0.152. The number of pyridine rings is 1. The zero-order chi connectivity index (χ0) is 15.1. The predicted molar refractivity (Wildman–Crippen MR) is 67.0 cm³/mol. The maximum Gasteiger partial charge on any atom is 0.200 e. The number of benzene rings is 2. The van der Waals surface area contributed by atoms with Gasteiger partial charge in [-0.15, -0.1) is 0 Å². The van der Waals surface area contributed by atoms with E-state index >= 15 is 0 Å². The summed E-state index contributed by atoms with van der Waals surface area (Å²) in [6.07, 6.45) is 1.37. The van der Waals surface area contributed by atoms with Crippen LogP contribution >= 0.6 is 0 Å². The zero-order valence-electron chi connectivity index (χ0n) is 10.3. The quantitative estimate of drug-likeness (QED) is 0.363. The number of aromatic nitrogens is 1. The Morgan fingerprint density at radius 3 is 1.90 bits per heavy atom. The van der Waals surface area contributed by atoms with Crippen LogP contribution in [0.5, 0.6) is 0 Å². The molecule has 3 aromatic rings. The molecule has 0 radical (unpaired) electrons. The Morgan fingerprint density at radius 1 is 0.667 bits per heavy atom. The maximum atomic E-state index is 13.9. The van der Waals surface area contributed by atoms with Crippen LogP contribution in [-0.4, -0.2) is 4.98 Å². The highest BCUT2D eigenvalue weighted by molar-refractivity contribution is 5.93. The lowest BCUT2D eigenvalue weighted by Gasteiger charge is -2.10. The van der Waals surface area contributed by atoms with Crippen LogP contribution in [0.3, 0.4) is 0 Å². The first-order valence-electron chi connectivity index (χ1n) is 5.88. The molecule has 1 aromatic heterocycles. The van der Waals surface area contributed by atoms with Crippen LogP contribution in [0.1, 0.15) is 0 Å². The number of hydrogen-bond donors (Lipinski definition) is 0. The summed E-state index contributed by atoms with van der Waals surface area (Å²) in [5.41, 5.74) is -0.972. The molecule has 2 aromatic carbocycles. The molecule has 0 aliphatic rings. The Morgan fingerprint density at radius 2 is 1.24 bits per heavy atom. The van der Waals surface area contributed by atoms with Crippen molar-refractivity contribution >= 4 is 10.9 Å². The molecule has 0 spiro atoms. The second-order valence-electron chi connectivity index (χ2n) is 4.33. The molecule has 0 saturated heterocycles. The van der Waals surface area contributed by atoms with Crippen LogP contribution in [0.2, 0.25) is 0 Å². The van der Waals surface area contributed by atoms with Crippen LogP contribution in [-0.2, 0) is 0 Å². The highest BCUT2D eigenvalue weighted by Gasteiger charge is 2.27. The summed E-state index contributed by atoms with van der Waals surface area (Å²) in [6, 6.07) is 7.56. The third-order valence-corrected chi connectivity index (χ3v) is 3.11. The summed E-state index contributed by atoms with van der Waals surface area (Å²) in [7, 11) is 0. The maximum absolute atomic E-state index is 13.9. The minimum atomic E-state index is -2.18. The van der Waals surface area contributed by atoms with Crippen LogP contribution in [0.25, 0.3) is 22.0 Å². The molecule has 1 nitrogen and oxygen atoms in total. The van der Waals surface area contributed by atoms with Gasteiger partial charge in [-0.2, -0.15) is 0 Å². The Hall–Kier alpha value is -2.50. The fraction of sp³-hybridized carbons (Fsp3) is 0. The molecule has 0 bridgehead atoms. The summed E-state index contributed by atoms with van der Waals surface area (Å²) >= 11 is 0. The molecular weight excluding hydrogens is 289 g/mol. The monoisotopic (exact) mass is 295 g/mol. The first-order chi connectivity index (χ1) is 10.0. The van der Waals surface area contributed by atoms with E-state index < -0.39 is 34.6 Å². The third kappa shape index (κ3) is 1.94. The van der Waals surface area contributed by atoms with E-state index in [0.717, 1.165) is 0 Å². The second kappa shape index (κ2) is 4.80. The van der Waals surface area contributed by atoms with Crippen molar-refractivity contribution in [3.8, 4) is 11.1 Å². The van der Waals surface area contributed by atoms with Gasteiger partial charge in [0.15, 0.2) is 23.3 Å². The van der Waals surface area contributed by atoms with Crippen molar-refractivity contribution < 1.29 is 22.0 Å². The van der Waals surface area contributed by atoms with Crippen LogP contribution in [0.15, 0.2) is 36.5 Å². The Balaban J connectivity index is 2.44. The number of rotatable bonds is 1. The summed E-state index contributed by atoms with van der Waals surface area (Å²) < 4.78 is 67.4. The lowest BCUT2D eigenvalue weighted by molar-refractivity contribution is 0.381. The van der Waals surface area contributed by atoms with Crippen molar-refractivity contribution in [2.45, 2.75) is 0 Å². The van der Waals surface area contributed by atoms with E-state index in [9.17, 15) is 22.0 Å². The SMILES string of the molecule is Fc1c(F)c(F)c(-c2cccc3cccnc23)c(F)c1F. The van der Waals surface area contributed by atoms with Gasteiger partial charge in [-0.3, -0.25) is 4.98 Å². The molecule has 0 amide bonds. The van der Waals surface area contributed by atoms with Gasteiger partial charge in [0.05, 0.1) is 11.1 Å². The topological polar surface area (TPSA) is 12.9 Å². The molecule has 0 saturated carbocycles. The fourth-order valence-electron chi connectivity index (χ4n) is 2.15. The van der Waals surface area contributed by atoms with Crippen molar-refractivity contribution in [1.29, 1.82) is 0 Å². The number of fused-ring (bicyclic) bond motifs is 1. The normalized spacial score (nSPS) is 11.1. The van der Waals surface area contributed by atoms with Gasteiger partial charge in [-0.05, 0) is 6.07 Å². The Bertz CT molecular complexity index is 826. The molecule has 0 aliphatic heterocycles. The van der Waals surface area contributed by atoms with Crippen molar-refractivity contribution in [2.75, 3.05) is 0 Å². The molecule has 6 heteroatoms. The summed E-state index contributed by atoms with van der Waals surface area (Å²) in [5, 5.41) is 0.527. The minimum Gasteiger partial charge on any atom is -0.256 e. The molecule has 1 heterocycles. The molecule has 0 unspecified atom stereocenters. The van der Waals surface area contributed by atoms with Gasteiger partial charge in [0.2, 0.25) is 5.82 Å². The van der Waals surface area contributed by atoms with Gasteiger partial charge in [-0.25, -0.2) is 22.0 Å². The molecule has 21 heavy (non-hydrogen) atoms. The number of para-hydroxylation sites is 1. The first kappa shape index (κ1) is 13.5. The predicted octanol–water partition coefficient (Wildman–Crippen LogP) is 4.60. The second-order valence-corrected chi connectivity index (χ2v) is 4.33. The van der Waals surface area contributed by atoms with E-state index in [1.54, 1.807) is 18.2 Å². The van der Waals surface area contributed by atoms with E-state index in [1.807, 2.05) is 0 Å². The van der Waals surface area contributed by atoms with Crippen LogP contribution in [0, 0.1) is 29.1 Å². The summed E-state index contributed by atoms with van der Waals surface area (Å²) in [6.45, 7) is 0. The molecular formula is C15H6F5N. The molecule has 0 aliphatic carbocycles. The van der Waals surface area contributed by atoms with E-state index in [0.29, 0.717) is 5.39 Å². The highest BCUT2D eigenvalue weighted by Crippen LogP contribution is 2.34.